The molecule has 2 aromatic rings. The predicted octanol–water partition coefficient (Wildman–Crippen LogP) is 5.77. The lowest BCUT2D eigenvalue weighted by Crippen LogP contribution is -2.55. The number of hydrogen-bond donors (Lipinski definition) is 0. The maximum absolute atomic E-state index is 14.0. The Kier molecular flexibility index (Phi) is 6.34. The zero-order chi connectivity index (χ0) is 22.8. The first kappa shape index (κ1) is 21.9. The van der Waals surface area contributed by atoms with Crippen LogP contribution in [0, 0.1) is 17.7 Å². The maximum atomic E-state index is 14.0. The van der Waals surface area contributed by atoms with E-state index in [0.717, 1.165) is 37.7 Å². The summed E-state index contributed by atoms with van der Waals surface area (Å²) in [5.41, 5.74) is 1.28. The van der Waals surface area contributed by atoms with Crippen LogP contribution >= 0.6 is 0 Å². The van der Waals surface area contributed by atoms with E-state index in [1.165, 1.54) is 12.1 Å². The van der Waals surface area contributed by atoms with Crippen LogP contribution in [0.1, 0.15) is 60.9 Å². The van der Waals surface area contributed by atoms with Gasteiger partial charge in [-0.3, -0.25) is 4.79 Å². The number of fused-ring (bicyclic) bond motifs is 2. The van der Waals surface area contributed by atoms with Crippen molar-refractivity contribution in [1.82, 2.24) is 4.90 Å². The summed E-state index contributed by atoms with van der Waals surface area (Å²) < 4.78 is 25.5. The van der Waals surface area contributed by atoms with Crippen LogP contribution in [0.25, 0.3) is 0 Å². The van der Waals surface area contributed by atoms with Gasteiger partial charge in [0.1, 0.15) is 18.2 Å². The number of carbonyl (C=O) groups is 2. The molecule has 174 valence electrons. The van der Waals surface area contributed by atoms with Gasteiger partial charge >= 0.3 is 6.09 Å². The van der Waals surface area contributed by atoms with Crippen molar-refractivity contribution < 1.29 is 23.5 Å². The number of ether oxygens (including phenoxy) is 2. The zero-order valence-electron chi connectivity index (χ0n) is 18.8. The fourth-order valence-corrected chi connectivity index (χ4v) is 5.22. The molecule has 0 N–H and O–H groups in total. The number of carbonyl (C=O) groups excluding carboxylic acids is 2. The molecule has 5 rings (SSSR count). The molecule has 2 saturated heterocycles. The molecule has 6 heteroatoms. The fourth-order valence-electron chi connectivity index (χ4n) is 5.22. The van der Waals surface area contributed by atoms with Gasteiger partial charge in [0.25, 0.3) is 0 Å². The summed E-state index contributed by atoms with van der Waals surface area (Å²) in [6.45, 7) is 0.811. The van der Waals surface area contributed by atoms with Crippen LogP contribution in [-0.4, -0.2) is 35.5 Å². The molecular weight excluding hydrogens is 421 g/mol. The third-order valence-corrected chi connectivity index (χ3v) is 7.14. The third-order valence-electron chi connectivity index (χ3n) is 7.14. The number of ketones is 1. The molecule has 2 heterocycles. The predicted molar refractivity (Wildman–Crippen MR) is 122 cm³/mol. The lowest BCUT2D eigenvalue weighted by Gasteiger charge is -2.47. The minimum absolute atomic E-state index is 0.0286. The van der Waals surface area contributed by atoms with Crippen LogP contribution in [-0.2, 0) is 11.3 Å². The Hall–Kier alpha value is -2.89. The van der Waals surface area contributed by atoms with Crippen molar-refractivity contribution in [2.45, 2.75) is 63.6 Å². The molecule has 5 nitrogen and oxygen atoms in total. The maximum Gasteiger partial charge on any atom is 0.410 e. The van der Waals surface area contributed by atoms with Gasteiger partial charge in [-0.2, -0.15) is 0 Å². The van der Waals surface area contributed by atoms with Crippen LogP contribution in [0.3, 0.4) is 0 Å². The Morgan fingerprint density at radius 3 is 2.39 bits per heavy atom. The van der Waals surface area contributed by atoms with Crippen LogP contribution in [0.2, 0.25) is 0 Å². The largest absolute Gasteiger partial charge is 0.493 e. The molecule has 2 aromatic carbocycles. The van der Waals surface area contributed by atoms with Crippen molar-refractivity contribution in [1.29, 1.82) is 0 Å². The van der Waals surface area contributed by atoms with E-state index >= 15 is 0 Å². The number of rotatable bonds is 7. The number of Topliss-reactive ketones (excluding diaryl/α,β-unsaturated/α-hetero) is 1. The van der Waals surface area contributed by atoms with Crippen LogP contribution in [0.4, 0.5) is 9.18 Å². The van der Waals surface area contributed by atoms with Crippen molar-refractivity contribution in [3.63, 3.8) is 0 Å². The average Bonchev–Trinajstić information content (AvgIpc) is 3.65. The topological polar surface area (TPSA) is 55.8 Å². The molecule has 2 bridgehead atoms. The van der Waals surface area contributed by atoms with E-state index in [9.17, 15) is 14.0 Å². The van der Waals surface area contributed by atoms with Crippen LogP contribution in [0.5, 0.6) is 5.75 Å². The molecule has 2 aliphatic heterocycles. The van der Waals surface area contributed by atoms with Gasteiger partial charge < -0.3 is 14.4 Å². The standard InChI is InChI=1S/C27H30FNO4/c28-21-11-12-25(32-16-19-9-10-19)24(15-21)26(30)20-13-22-7-4-8-23(14-20)29(22)27(31)33-17-18-5-2-1-3-6-18/h1-3,5-6,11-12,15,19-20,22-23H,4,7-10,13-14,16-17H2. The van der Waals surface area contributed by atoms with E-state index in [-0.39, 0.29) is 36.5 Å². The van der Waals surface area contributed by atoms with E-state index in [1.54, 1.807) is 6.07 Å². The first-order chi connectivity index (χ1) is 16.1. The summed E-state index contributed by atoms with van der Waals surface area (Å²) in [6.07, 6.45) is 5.89. The molecule has 2 atom stereocenters. The minimum Gasteiger partial charge on any atom is -0.493 e. The van der Waals surface area contributed by atoms with Crippen LogP contribution in [0.15, 0.2) is 48.5 Å². The van der Waals surface area contributed by atoms with Crippen LogP contribution < -0.4 is 4.74 Å². The second-order valence-corrected chi connectivity index (χ2v) is 9.61. The van der Waals surface area contributed by atoms with Gasteiger partial charge in [-0.1, -0.05) is 30.3 Å². The SMILES string of the molecule is O=C(c1cc(F)ccc1OCC1CC1)C1CC2CCCC(C1)N2C(=O)OCc1ccccc1. The summed E-state index contributed by atoms with van der Waals surface area (Å²) in [6, 6.07) is 13.8. The second-order valence-electron chi connectivity index (χ2n) is 9.61. The number of hydrogen-bond acceptors (Lipinski definition) is 4. The molecule has 1 aliphatic carbocycles. The van der Waals surface area contributed by atoms with Crippen molar-refractivity contribution in [2.24, 2.45) is 11.8 Å². The Morgan fingerprint density at radius 1 is 0.970 bits per heavy atom. The summed E-state index contributed by atoms with van der Waals surface area (Å²) in [7, 11) is 0. The highest BCUT2D eigenvalue weighted by atomic mass is 19.1. The molecular formula is C27H30FNO4. The number of nitrogens with zero attached hydrogens (tertiary/aromatic N) is 1. The zero-order valence-corrected chi connectivity index (χ0v) is 18.8. The Morgan fingerprint density at radius 2 is 1.70 bits per heavy atom. The molecule has 3 aliphatic rings. The number of halogens is 1. The van der Waals surface area contributed by atoms with E-state index in [1.807, 2.05) is 35.2 Å². The van der Waals surface area contributed by atoms with Crippen molar-refractivity contribution >= 4 is 11.9 Å². The lowest BCUT2D eigenvalue weighted by atomic mass is 9.75. The van der Waals surface area contributed by atoms with Crippen molar-refractivity contribution in [3.05, 3.63) is 65.5 Å². The lowest BCUT2D eigenvalue weighted by molar-refractivity contribution is 0.00465. The molecule has 1 amide bonds. The average molecular weight is 452 g/mol. The number of piperidine rings is 2. The van der Waals surface area contributed by atoms with Gasteiger partial charge in [0.2, 0.25) is 0 Å². The highest BCUT2D eigenvalue weighted by Gasteiger charge is 2.44. The van der Waals surface area contributed by atoms with E-state index < -0.39 is 5.82 Å². The Labute approximate surface area is 193 Å². The first-order valence-corrected chi connectivity index (χ1v) is 12.0. The van der Waals surface area contributed by atoms with E-state index in [4.69, 9.17) is 9.47 Å². The highest BCUT2D eigenvalue weighted by Crippen LogP contribution is 2.40. The van der Waals surface area contributed by atoms with Crippen molar-refractivity contribution in [3.8, 4) is 5.75 Å². The summed E-state index contributed by atoms with van der Waals surface area (Å²) in [5, 5.41) is 0. The van der Waals surface area contributed by atoms with Crippen molar-refractivity contribution in [2.75, 3.05) is 6.61 Å². The molecule has 2 unspecified atom stereocenters. The fraction of sp³-hybridized carbons (Fsp3) is 0.481. The second kappa shape index (κ2) is 9.54. The molecule has 3 fully saturated rings. The third kappa shape index (κ3) is 5.05. The van der Waals surface area contributed by atoms with Gasteiger partial charge in [0.15, 0.2) is 5.78 Å². The molecule has 0 radical (unpaired) electrons. The molecule has 1 saturated carbocycles. The quantitative estimate of drug-likeness (QED) is 0.502. The normalized spacial score (nSPS) is 24.3. The monoisotopic (exact) mass is 451 g/mol. The van der Waals surface area contributed by atoms with Gasteiger partial charge in [-0.05, 0) is 74.6 Å². The first-order valence-electron chi connectivity index (χ1n) is 12.0. The summed E-state index contributed by atoms with van der Waals surface area (Å²) in [5.74, 6) is 0.267. The van der Waals surface area contributed by atoms with E-state index in [2.05, 4.69) is 0 Å². The Bertz CT molecular complexity index is 992. The summed E-state index contributed by atoms with van der Waals surface area (Å²) >= 11 is 0. The smallest absolute Gasteiger partial charge is 0.410 e. The van der Waals surface area contributed by atoms with Gasteiger partial charge in [-0.15, -0.1) is 0 Å². The minimum atomic E-state index is -0.431. The number of amides is 1. The van der Waals surface area contributed by atoms with Gasteiger partial charge in [0.05, 0.1) is 12.2 Å². The number of benzene rings is 2. The van der Waals surface area contributed by atoms with Gasteiger partial charge in [-0.25, -0.2) is 9.18 Å². The van der Waals surface area contributed by atoms with E-state index in [0.29, 0.717) is 36.7 Å². The molecule has 0 spiro atoms. The summed E-state index contributed by atoms with van der Waals surface area (Å²) in [4.78, 5) is 28.3. The highest BCUT2D eigenvalue weighted by molar-refractivity contribution is 6.00. The Balaban J connectivity index is 1.27. The molecule has 0 aromatic heterocycles. The van der Waals surface area contributed by atoms with Gasteiger partial charge in [0, 0.05) is 18.0 Å². The molecule has 33 heavy (non-hydrogen) atoms.